The van der Waals surface area contributed by atoms with Gasteiger partial charge in [0.05, 0.1) is 5.69 Å². The molecule has 32 heavy (non-hydrogen) atoms. The zero-order valence-electron chi connectivity index (χ0n) is 17.9. The number of aryl methyl sites for hydroxylation is 2. The van der Waals surface area contributed by atoms with Crippen LogP contribution in [0.4, 0.5) is 4.79 Å². The molecule has 0 unspecified atom stereocenters. The smallest absolute Gasteiger partial charge is 0.410 e. The zero-order chi connectivity index (χ0) is 21.9. The van der Waals surface area contributed by atoms with Gasteiger partial charge in [-0.3, -0.25) is 4.98 Å². The Morgan fingerprint density at radius 3 is 2.53 bits per heavy atom. The molecule has 0 radical (unpaired) electrons. The number of rotatable bonds is 2. The molecule has 0 saturated carbocycles. The highest BCUT2D eigenvalue weighted by Crippen LogP contribution is 2.38. The van der Waals surface area contributed by atoms with E-state index in [1.165, 1.54) is 27.8 Å². The van der Waals surface area contributed by atoms with Gasteiger partial charge in [-0.15, -0.1) is 0 Å². The Bertz CT molecular complexity index is 1160. The average molecular weight is 445 g/mol. The summed E-state index contributed by atoms with van der Waals surface area (Å²) in [6, 6.07) is 20.1. The number of halogens is 1. The molecule has 2 aliphatic rings. The van der Waals surface area contributed by atoms with Crippen LogP contribution < -0.4 is 0 Å². The minimum absolute atomic E-state index is 0.246. The van der Waals surface area contributed by atoms with E-state index < -0.39 is 0 Å². The molecular formula is C27H25ClN2O2. The van der Waals surface area contributed by atoms with Crippen LogP contribution in [0.3, 0.4) is 0 Å². The van der Waals surface area contributed by atoms with Gasteiger partial charge in [-0.05, 0) is 66.1 Å². The van der Waals surface area contributed by atoms with Crippen LogP contribution in [0.25, 0.3) is 5.57 Å². The van der Waals surface area contributed by atoms with Crippen molar-refractivity contribution in [2.24, 2.45) is 0 Å². The molecule has 0 bridgehead atoms. The number of amides is 1. The van der Waals surface area contributed by atoms with Crippen molar-refractivity contribution in [2.75, 3.05) is 13.1 Å². The number of benzene rings is 2. The Balaban J connectivity index is 1.38. The maximum Gasteiger partial charge on any atom is 0.410 e. The third-order valence-corrected chi connectivity index (χ3v) is 6.55. The molecular weight excluding hydrogens is 420 g/mol. The number of hydrogen-bond acceptors (Lipinski definition) is 3. The second-order valence-electron chi connectivity index (χ2n) is 8.32. The van der Waals surface area contributed by atoms with Gasteiger partial charge in [-0.2, -0.15) is 0 Å². The van der Waals surface area contributed by atoms with Crippen LogP contribution in [-0.2, 0) is 24.2 Å². The molecule has 0 atom stereocenters. The summed E-state index contributed by atoms with van der Waals surface area (Å²) in [4.78, 5) is 19.2. The third-order valence-electron chi connectivity index (χ3n) is 6.31. The standard InChI is InChI=1S/C27H25ClN2O2/c28-23-10-11-24-22(17-23)9-8-21-7-4-14-29-26(21)25(24)20-12-15-30(16-13-20)27(31)32-18-19-5-2-1-3-6-19/h1-7,10-11,14,17H,8-9,12-13,15-16,18H2. The van der Waals surface area contributed by atoms with E-state index in [4.69, 9.17) is 21.3 Å². The van der Waals surface area contributed by atoms with Crippen molar-refractivity contribution < 1.29 is 9.53 Å². The molecule has 0 N–H and O–H groups in total. The summed E-state index contributed by atoms with van der Waals surface area (Å²) in [7, 11) is 0. The van der Waals surface area contributed by atoms with Gasteiger partial charge < -0.3 is 9.64 Å². The highest BCUT2D eigenvalue weighted by molar-refractivity contribution is 6.30. The van der Waals surface area contributed by atoms with E-state index in [-0.39, 0.29) is 6.09 Å². The highest BCUT2D eigenvalue weighted by atomic mass is 35.5. The lowest BCUT2D eigenvalue weighted by Crippen LogP contribution is -2.37. The number of piperidine rings is 1. The zero-order valence-corrected chi connectivity index (χ0v) is 18.6. The Kier molecular flexibility index (Phi) is 5.95. The molecule has 162 valence electrons. The van der Waals surface area contributed by atoms with Gasteiger partial charge in [0.15, 0.2) is 0 Å². The molecule has 1 saturated heterocycles. The first-order valence-corrected chi connectivity index (χ1v) is 11.5. The summed E-state index contributed by atoms with van der Waals surface area (Å²) in [6.07, 6.45) is 5.15. The SMILES string of the molecule is O=C(OCc1ccccc1)N1CCC(=C2c3ccc(Cl)cc3CCc3cccnc32)CC1. The summed E-state index contributed by atoms with van der Waals surface area (Å²) in [5.41, 5.74) is 8.40. The predicted octanol–water partition coefficient (Wildman–Crippen LogP) is 6.07. The lowest BCUT2D eigenvalue weighted by molar-refractivity contribution is 0.0936. The minimum atomic E-state index is -0.246. The van der Waals surface area contributed by atoms with Gasteiger partial charge in [-0.1, -0.05) is 59.6 Å². The number of ether oxygens (including phenoxy) is 1. The molecule has 1 fully saturated rings. The van der Waals surface area contributed by atoms with Crippen LogP contribution in [0.1, 0.15) is 40.8 Å². The monoisotopic (exact) mass is 444 g/mol. The minimum Gasteiger partial charge on any atom is -0.445 e. The van der Waals surface area contributed by atoms with Gasteiger partial charge in [0.25, 0.3) is 0 Å². The van der Waals surface area contributed by atoms with Crippen LogP contribution in [0.15, 0.2) is 72.4 Å². The topological polar surface area (TPSA) is 42.4 Å². The number of fused-ring (bicyclic) bond motifs is 2. The first-order valence-electron chi connectivity index (χ1n) is 11.1. The summed E-state index contributed by atoms with van der Waals surface area (Å²) < 4.78 is 5.54. The largest absolute Gasteiger partial charge is 0.445 e. The van der Waals surface area contributed by atoms with Gasteiger partial charge in [0, 0.05) is 29.9 Å². The molecule has 1 aliphatic carbocycles. The normalized spacial score (nSPS) is 15.6. The fourth-order valence-electron chi connectivity index (χ4n) is 4.65. The molecule has 5 rings (SSSR count). The van der Waals surface area contributed by atoms with Gasteiger partial charge >= 0.3 is 6.09 Å². The number of hydrogen-bond donors (Lipinski definition) is 0. The van der Waals surface area contributed by atoms with Gasteiger partial charge in [0.2, 0.25) is 0 Å². The number of nitrogens with zero attached hydrogens (tertiary/aromatic N) is 2. The van der Waals surface area contributed by atoms with E-state index >= 15 is 0 Å². The third kappa shape index (κ3) is 4.28. The molecule has 1 aromatic heterocycles. The Labute approximate surface area is 193 Å². The Morgan fingerprint density at radius 2 is 1.72 bits per heavy atom. The number of carbonyl (C=O) groups is 1. The van der Waals surface area contributed by atoms with E-state index in [2.05, 4.69) is 18.2 Å². The van der Waals surface area contributed by atoms with E-state index in [9.17, 15) is 4.79 Å². The van der Waals surface area contributed by atoms with Crippen molar-refractivity contribution in [1.29, 1.82) is 0 Å². The molecule has 0 spiro atoms. The van der Waals surface area contributed by atoms with Crippen molar-refractivity contribution in [1.82, 2.24) is 9.88 Å². The van der Waals surface area contributed by atoms with Gasteiger partial charge in [-0.25, -0.2) is 4.79 Å². The molecule has 5 heteroatoms. The Hall–Kier alpha value is -3.11. The fraction of sp³-hybridized carbons (Fsp3) is 0.259. The van der Waals surface area contributed by atoms with Crippen LogP contribution in [-0.4, -0.2) is 29.1 Å². The maximum absolute atomic E-state index is 12.6. The van der Waals surface area contributed by atoms with Crippen molar-refractivity contribution in [2.45, 2.75) is 32.3 Å². The fourth-order valence-corrected chi connectivity index (χ4v) is 4.85. The summed E-state index contributed by atoms with van der Waals surface area (Å²) in [6.45, 7) is 1.60. The first-order chi connectivity index (χ1) is 15.7. The molecule has 1 aliphatic heterocycles. The predicted molar refractivity (Wildman–Crippen MR) is 127 cm³/mol. The summed E-state index contributed by atoms with van der Waals surface area (Å²) in [5, 5.41) is 0.767. The first kappa shape index (κ1) is 20.8. The number of pyridine rings is 1. The Morgan fingerprint density at radius 1 is 0.938 bits per heavy atom. The van der Waals surface area contributed by atoms with Crippen LogP contribution in [0.2, 0.25) is 5.02 Å². The van der Waals surface area contributed by atoms with Gasteiger partial charge in [0.1, 0.15) is 6.61 Å². The molecule has 4 nitrogen and oxygen atoms in total. The van der Waals surface area contributed by atoms with E-state index in [0.717, 1.165) is 42.0 Å². The molecule has 3 aromatic rings. The lowest BCUT2D eigenvalue weighted by atomic mass is 9.88. The van der Waals surface area contributed by atoms with Crippen LogP contribution >= 0.6 is 11.6 Å². The summed E-state index contributed by atoms with van der Waals surface area (Å²) >= 11 is 6.31. The van der Waals surface area contributed by atoms with E-state index in [1.54, 1.807) is 0 Å². The second kappa shape index (κ2) is 9.17. The van der Waals surface area contributed by atoms with Crippen molar-refractivity contribution in [3.8, 4) is 0 Å². The second-order valence-corrected chi connectivity index (χ2v) is 8.75. The van der Waals surface area contributed by atoms with E-state index in [1.807, 2.05) is 53.6 Å². The molecule has 1 amide bonds. The van der Waals surface area contributed by atoms with Crippen molar-refractivity contribution in [3.63, 3.8) is 0 Å². The van der Waals surface area contributed by atoms with Crippen molar-refractivity contribution >= 4 is 23.3 Å². The maximum atomic E-state index is 12.6. The average Bonchev–Trinajstić information content (AvgIpc) is 3.00. The number of likely N-dealkylation sites (tertiary alicyclic amines) is 1. The molecule has 2 aromatic carbocycles. The van der Waals surface area contributed by atoms with Crippen molar-refractivity contribution in [3.05, 3.63) is 105 Å². The lowest BCUT2D eigenvalue weighted by Gasteiger charge is -2.29. The quantitative estimate of drug-likeness (QED) is 0.482. The summed E-state index contributed by atoms with van der Waals surface area (Å²) in [5.74, 6) is 0. The highest BCUT2D eigenvalue weighted by Gasteiger charge is 2.27. The van der Waals surface area contributed by atoms with Crippen LogP contribution in [0, 0.1) is 0 Å². The van der Waals surface area contributed by atoms with Crippen LogP contribution in [0.5, 0.6) is 0 Å². The number of carbonyl (C=O) groups excluding carboxylic acids is 1. The van der Waals surface area contributed by atoms with E-state index in [0.29, 0.717) is 19.7 Å². The number of aromatic nitrogens is 1. The molecule has 2 heterocycles.